The van der Waals surface area contributed by atoms with Gasteiger partial charge in [-0.15, -0.1) is 10.2 Å². The highest BCUT2D eigenvalue weighted by Crippen LogP contribution is 2.29. The van der Waals surface area contributed by atoms with Crippen molar-refractivity contribution in [1.29, 1.82) is 0 Å². The number of morpholine rings is 1. The van der Waals surface area contributed by atoms with Crippen LogP contribution in [0.25, 0.3) is 17.1 Å². The Balaban J connectivity index is 1.61. The molecule has 0 saturated carbocycles. The maximum atomic E-state index is 12.6. The number of aromatic nitrogens is 4. The molecule has 8 nitrogen and oxygen atoms in total. The van der Waals surface area contributed by atoms with Crippen molar-refractivity contribution in [2.75, 3.05) is 38.7 Å². The maximum Gasteiger partial charge on any atom is 0.233 e. The molecule has 1 aliphatic heterocycles. The van der Waals surface area contributed by atoms with Crippen molar-refractivity contribution in [2.24, 2.45) is 0 Å². The molecule has 156 valence electrons. The Morgan fingerprint density at radius 1 is 1.10 bits per heavy atom. The highest BCUT2D eigenvalue weighted by molar-refractivity contribution is 7.99. The number of benzene rings is 1. The van der Waals surface area contributed by atoms with Gasteiger partial charge in [-0.2, -0.15) is 0 Å². The molecule has 1 aromatic carbocycles. The normalized spacial score (nSPS) is 14.0. The third-order valence-corrected chi connectivity index (χ3v) is 5.58. The van der Waals surface area contributed by atoms with Gasteiger partial charge in [-0.1, -0.05) is 11.8 Å². The number of carbonyl (C=O) groups excluding carboxylic acids is 1. The van der Waals surface area contributed by atoms with Crippen molar-refractivity contribution < 1.29 is 14.3 Å². The van der Waals surface area contributed by atoms with E-state index < -0.39 is 0 Å². The minimum absolute atomic E-state index is 0.0787. The molecule has 3 heterocycles. The van der Waals surface area contributed by atoms with E-state index in [0.29, 0.717) is 49.6 Å². The van der Waals surface area contributed by atoms with Crippen molar-refractivity contribution in [3.05, 3.63) is 48.8 Å². The molecule has 0 spiro atoms. The summed E-state index contributed by atoms with van der Waals surface area (Å²) in [5.74, 6) is 1.88. The number of carbonyl (C=O) groups is 1. The first-order valence-corrected chi connectivity index (χ1v) is 10.8. The second-order valence-corrected chi connectivity index (χ2v) is 7.53. The van der Waals surface area contributed by atoms with Crippen LogP contribution in [0.1, 0.15) is 6.92 Å². The van der Waals surface area contributed by atoms with Crippen molar-refractivity contribution in [1.82, 2.24) is 24.6 Å². The van der Waals surface area contributed by atoms with Crippen LogP contribution in [0.5, 0.6) is 5.75 Å². The third kappa shape index (κ3) is 4.63. The van der Waals surface area contributed by atoms with E-state index in [1.54, 1.807) is 12.4 Å². The van der Waals surface area contributed by atoms with Gasteiger partial charge in [0.2, 0.25) is 5.91 Å². The number of ether oxygens (including phenoxy) is 2. The van der Waals surface area contributed by atoms with Crippen LogP contribution in [0, 0.1) is 0 Å². The van der Waals surface area contributed by atoms with Crippen LogP contribution in [0.4, 0.5) is 0 Å². The molecule has 1 fully saturated rings. The summed E-state index contributed by atoms with van der Waals surface area (Å²) < 4.78 is 12.8. The Labute approximate surface area is 179 Å². The molecule has 1 amide bonds. The number of rotatable bonds is 7. The number of nitrogens with zero attached hydrogens (tertiary/aromatic N) is 5. The molecule has 3 aromatic rings. The molecule has 0 radical (unpaired) electrons. The Kier molecular flexibility index (Phi) is 6.60. The summed E-state index contributed by atoms with van der Waals surface area (Å²) in [7, 11) is 0. The van der Waals surface area contributed by atoms with E-state index in [9.17, 15) is 4.79 Å². The van der Waals surface area contributed by atoms with Gasteiger partial charge < -0.3 is 14.4 Å². The summed E-state index contributed by atoms with van der Waals surface area (Å²) in [6.45, 7) is 5.00. The maximum absolute atomic E-state index is 12.6. The van der Waals surface area contributed by atoms with E-state index in [1.807, 2.05) is 52.8 Å². The van der Waals surface area contributed by atoms with E-state index in [1.165, 1.54) is 11.8 Å². The number of amides is 1. The number of hydrogen-bond donors (Lipinski definition) is 0. The molecular formula is C21H23N5O3S. The van der Waals surface area contributed by atoms with Crippen LogP contribution >= 0.6 is 11.8 Å². The Bertz CT molecular complexity index is 972. The molecule has 1 saturated heterocycles. The average Bonchev–Trinajstić information content (AvgIpc) is 3.23. The quantitative estimate of drug-likeness (QED) is 0.538. The number of thioether (sulfide) groups is 1. The van der Waals surface area contributed by atoms with Gasteiger partial charge in [0.15, 0.2) is 11.0 Å². The number of hydrogen-bond acceptors (Lipinski definition) is 7. The first kappa shape index (κ1) is 20.4. The largest absolute Gasteiger partial charge is 0.494 e. The highest BCUT2D eigenvalue weighted by atomic mass is 32.2. The van der Waals surface area contributed by atoms with Crippen LogP contribution in [0.15, 0.2) is 53.9 Å². The Morgan fingerprint density at radius 2 is 1.83 bits per heavy atom. The molecular weight excluding hydrogens is 402 g/mol. The van der Waals surface area contributed by atoms with Gasteiger partial charge in [-0.25, -0.2) is 0 Å². The molecule has 1 aliphatic rings. The fourth-order valence-electron chi connectivity index (χ4n) is 3.17. The second-order valence-electron chi connectivity index (χ2n) is 6.59. The molecule has 0 unspecified atom stereocenters. The smallest absolute Gasteiger partial charge is 0.233 e. The van der Waals surface area contributed by atoms with E-state index >= 15 is 0 Å². The lowest BCUT2D eigenvalue weighted by molar-refractivity contribution is -0.132. The van der Waals surface area contributed by atoms with Crippen molar-refractivity contribution >= 4 is 17.7 Å². The number of pyridine rings is 1. The first-order valence-electron chi connectivity index (χ1n) is 9.83. The topological polar surface area (TPSA) is 82.4 Å². The van der Waals surface area contributed by atoms with Crippen molar-refractivity contribution in [3.63, 3.8) is 0 Å². The van der Waals surface area contributed by atoms with Gasteiger partial charge in [0.1, 0.15) is 5.75 Å². The van der Waals surface area contributed by atoms with Crippen LogP contribution in [-0.4, -0.2) is 69.2 Å². The van der Waals surface area contributed by atoms with Gasteiger partial charge in [-0.05, 0) is 43.3 Å². The van der Waals surface area contributed by atoms with Crippen molar-refractivity contribution in [3.8, 4) is 22.8 Å². The Hall–Kier alpha value is -2.91. The molecule has 0 N–H and O–H groups in total. The van der Waals surface area contributed by atoms with E-state index in [4.69, 9.17) is 9.47 Å². The zero-order chi connectivity index (χ0) is 20.8. The van der Waals surface area contributed by atoms with Crippen LogP contribution in [0.2, 0.25) is 0 Å². The first-order chi connectivity index (χ1) is 14.8. The predicted octanol–water partition coefficient (Wildman–Crippen LogP) is 2.68. The van der Waals surface area contributed by atoms with Crippen LogP contribution in [-0.2, 0) is 9.53 Å². The van der Waals surface area contributed by atoms with E-state index in [2.05, 4.69) is 15.2 Å². The molecule has 4 rings (SSSR count). The monoisotopic (exact) mass is 425 g/mol. The fraction of sp³-hybridized carbons (Fsp3) is 0.333. The zero-order valence-corrected chi connectivity index (χ0v) is 17.5. The molecule has 0 atom stereocenters. The summed E-state index contributed by atoms with van der Waals surface area (Å²) >= 11 is 1.38. The zero-order valence-electron chi connectivity index (χ0n) is 16.7. The predicted molar refractivity (Wildman–Crippen MR) is 114 cm³/mol. The molecule has 0 aliphatic carbocycles. The van der Waals surface area contributed by atoms with Gasteiger partial charge in [0.05, 0.1) is 25.6 Å². The van der Waals surface area contributed by atoms with Gasteiger partial charge >= 0.3 is 0 Å². The van der Waals surface area contributed by atoms with Crippen LogP contribution < -0.4 is 4.74 Å². The van der Waals surface area contributed by atoms with Crippen molar-refractivity contribution in [2.45, 2.75) is 12.1 Å². The minimum Gasteiger partial charge on any atom is -0.494 e. The van der Waals surface area contributed by atoms with E-state index in [0.717, 1.165) is 17.0 Å². The minimum atomic E-state index is 0.0787. The summed E-state index contributed by atoms with van der Waals surface area (Å²) in [5.41, 5.74) is 1.80. The lowest BCUT2D eigenvalue weighted by Gasteiger charge is -2.26. The fourth-order valence-corrected chi connectivity index (χ4v) is 4.03. The van der Waals surface area contributed by atoms with Gasteiger partial charge in [-0.3, -0.25) is 14.3 Å². The summed E-state index contributed by atoms with van der Waals surface area (Å²) in [6, 6.07) is 11.6. The summed E-state index contributed by atoms with van der Waals surface area (Å²) in [4.78, 5) is 18.5. The molecule has 0 bridgehead atoms. The standard InChI is InChI=1S/C21H23N5O3S/c1-2-29-18-5-3-17(4-6-18)26-20(16-7-9-22-10-8-16)23-24-21(26)30-15-19(27)25-11-13-28-14-12-25/h3-10H,2,11-15H2,1H3. The lowest BCUT2D eigenvalue weighted by Crippen LogP contribution is -2.41. The third-order valence-electron chi connectivity index (χ3n) is 4.67. The van der Waals surface area contributed by atoms with E-state index in [-0.39, 0.29) is 5.91 Å². The SMILES string of the molecule is CCOc1ccc(-n2c(SCC(=O)N3CCOCC3)nnc2-c2ccncc2)cc1. The summed E-state index contributed by atoms with van der Waals surface area (Å²) in [5, 5.41) is 9.43. The van der Waals surface area contributed by atoms with Gasteiger partial charge in [0.25, 0.3) is 0 Å². The molecule has 2 aromatic heterocycles. The second kappa shape index (κ2) is 9.73. The molecule has 30 heavy (non-hydrogen) atoms. The lowest BCUT2D eigenvalue weighted by atomic mass is 10.2. The van der Waals surface area contributed by atoms with Gasteiger partial charge in [0, 0.05) is 36.7 Å². The van der Waals surface area contributed by atoms with Crippen LogP contribution in [0.3, 0.4) is 0 Å². The average molecular weight is 426 g/mol. The summed E-state index contributed by atoms with van der Waals surface area (Å²) in [6.07, 6.45) is 3.45. The Morgan fingerprint density at radius 3 is 2.53 bits per heavy atom. The highest BCUT2D eigenvalue weighted by Gasteiger charge is 2.20. The molecule has 9 heteroatoms.